The van der Waals surface area contributed by atoms with Gasteiger partial charge in [0.25, 0.3) is 5.69 Å². The van der Waals surface area contributed by atoms with E-state index in [4.69, 9.17) is 10.5 Å². The quantitative estimate of drug-likeness (QED) is 0.487. The van der Waals surface area contributed by atoms with Gasteiger partial charge in [0.15, 0.2) is 5.11 Å². The highest BCUT2D eigenvalue weighted by Crippen LogP contribution is 2.34. The van der Waals surface area contributed by atoms with Crippen LogP contribution in [0.25, 0.3) is 0 Å². The second kappa shape index (κ2) is 6.71. The van der Waals surface area contributed by atoms with Crippen LogP contribution in [0.4, 0.5) is 24.5 Å². The minimum absolute atomic E-state index is 0.0396. The summed E-state index contributed by atoms with van der Waals surface area (Å²) in [4.78, 5) is 10.3. The minimum Gasteiger partial charge on any atom is -0.457 e. The van der Waals surface area contributed by atoms with Gasteiger partial charge in [0.05, 0.1) is 22.2 Å². The Bertz CT molecular complexity index is 796. The van der Waals surface area contributed by atoms with Gasteiger partial charge in [-0.15, -0.1) is 0 Å². The Morgan fingerprint density at radius 1 is 1.21 bits per heavy atom. The number of nitro benzene ring substituents is 1. The lowest BCUT2D eigenvalue weighted by Crippen LogP contribution is -2.18. The van der Waals surface area contributed by atoms with Crippen molar-refractivity contribution in [3.05, 3.63) is 58.1 Å². The number of anilines is 1. The lowest BCUT2D eigenvalue weighted by Gasteiger charge is -2.11. The number of nitrogens with one attached hydrogen (secondary N) is 1. The topological polar surface area (TPSA) is 90.4 Å². The molecule has 0 heterocycles. The molecule has 0 amide bonds. The summed E-state index contributed by atoms with van der Waals surface area (Å²) in [5, 5.41) is 13.3. The van der Waals surface area contributed by atoms with Crippen molar-refractivity contribution in [3.8, 4) is 11.5 Å². The molecule has 0 saturated carbocycles. The molecule has 6 nitrogen and oxygen atoms in total. The number of ether oxygens (including phenoxy) is 1. The van der Waals surface area contributed by atoms with Gasteiger partial charge in [0, 0.05) is 12.1 Å². The van der Waals surface area contributed by atoms with Crippen molar-refractivity contribution in [2.24, 2.45) is 5.73 Å². The van der Waals surface area contributed by atoms with Crippen LogP contribution in [-0.4, -0.2) is 10.0 Å². The van der Waals surface area contributed by atoms with E-state index in [9.17, 15) is 23.3 Å². The van der Waals surface area contributed by atoms with Gasteiger partial charge >= 0.3 is 6.18 Å². The molecule has 0 saturated heterocycles. The molecule has 0 spiro atoms. The highest BCUT2D eigenvalue weighted by Gasteiger charge is 2.30. The predicted molar refractivity (Wildman–Crippen MR) is 85.0 cm³/mol. The lowest BCUT2D eigenvalue weighted by atomic mass is 10.2. The summed E-state index contributed by atoms with van der Waals surface area (Å²) in [5.41, 5.74) is 4.25. The number of rotatable bonds is 4. The van der Waals surface area contributed by atoms with E-state index in [-0.39, 0.29) is 28.0 Å². The fourth-order valence-corrected chi connectivity index (χ4v) is 1.95. The highest BCUT2D eigenvalue weighted by molar-refractivity contribution is 7.80. The highest BCUT2D eigenvalue weighted by atomic mass is 32.1. The molecule has 0 unspecified atom stereocenters. The van der Waals surface area contributed by atoms with Gasteiger partial charge in [0.2, 0.25) is 0 Å². The largest absolute Gasteiger partial charge is 0.457 e. The molecule has 0 atom stereocenters. The molecule has 2 aromatic rings. The van der Waals surface area contributed by atoms with Crippen molar-refractivity contribution in [1.29, 1.82) is 0 Å². The van der Waals surface area contributed by atoms with Crippen molar-refractivity contribution in [2.75, 3.05) is 5.32 Å². The van der Waals surface area contributed by atoms with Gasteiger partial charge in [-0.25, -0.2) is 0 Å². The van der Waals surface area contributed by atoms with Gasteiger partial charge in [-0.2, -0.15) is 13.2 Å². The third-order valence-corrected chi connectivity index (χ3v) is 2.87. The summed E-state index contributed by atoms with van der Waals surface area (Å²) in [5.74, 6) is -0.158. The summed E-state index contributed by atoms with van der Waals surface area (Å²) in [7, 11) is 0. The first-order valence-corrected chi connectivity index (χ1v) is 6.77. The number of hydrogen-bond donors (Lipinski definition) is 2. The average Bonchev–Trinajstić information content (AvgIpc) is 2.45. The molecule has 0 aliphatic heterocycles. The van der Waals surface area contributed by atoms with E-state index in [0.29, 0.717) is 0 Å². The first-order valence-electron chi connectivity index (χ1n) is 6.36. The first-order chi connectivity index (χ1) is 11.1. The SMILES string of the molecule is NC(=S)Nc1cc(Oc2cccc(C(F)(F)F)c2)cc([N+](=O)[O-])c1. The maximum Gasteiger partial charge on any atom is 0.416 e. The normalized spacial score (nSPS) is 11.0. The number of thiocarbonyl (C=S) groups is 1. The van der Waals surface area contributed by atoms with Crippen LogP contribution in [0.3, 0.4) is 0 Å². The summed E-state index contributed by atoms with van der Waals surface area (Å²) >= 11 is 4.65. The summed E-state index contributed by atoms with van der Waals surface area (Å²) in [6, 6.07) is 7.72. The Balaban J connectivity index is 2.36. The number of halogens is 3. The van der Waals surface area contributed by atoms with E-state index in [0.717, 1.165) is 24.3 Å². The first kappa shape index (κ1) is 17.5. The molecule has 0 aromatic heterocycles. The van der Waals surface area contributed by atoms with Crippen LogP contribution < -0.4 is 15.8 Å². The molecule has 0 radical (unpaired) electrons. The predicted octanol–water partition coefficient (Wildman–Crippen LogP) is 4.06. The van der Waals surface area contributed by atoms with E-state index in [1.165, 1.54) is 18.2 Å². The third kappa shape index (κ3) is 4.56. The zero-order valence-electron chi connectivity index (χ0n) is 11.8. The second-order valence-electron chi connectivity index (χ2n) is 4.59. The Kier molecular flexibility index (Phi) is 4.88. The average molecular weight is 357 g/mol. The molecular formula is C14H10F3N3O3S. The second-order valence-corrected chi connectivity index (χ2v) is 5.03. The van der Waals surface area contributed by atoms with Gasteiger partial charge in [-0.3, -0.25) is 10.1 Å². The maximum atomic E-state index is 12.7. The minimum atomic E-state index is -4.53. The fourth-order valence-electron chi connectivity index (χ4n) is 1.83. The number of nitrogens with two attached hydrogens (primary N) is 1. The fraction of sp³-hybridized carbons (Fsp3) is 0.0714. The molecule has 2 aromatic carbocycles. The van der Waals surface area contributed by atoms with E-state index in [1.807, 2.05) is 0 Å². The van der Waals surface area contributed by atoms with Crippen molar-refractivity contribution in [2.45, 2.75) is 6.18 Å². The van der Waals surface area contributed by atoms with Gasteiger partial charge < -0.3 is 15.8 Å². The van der Waals surface area contributed by atoms with Crippen molar-refractivity contribution in [3.63, 3.8) is 0 Å². The molecule has 3 N–H and O–H groups in total. The molecule has 2 rings (SSSR count). The smallest absolute Gasteiger partial charge is 0.416 e. The monoisotopic (exact) mass is 357 g/mol. The standard InChI is InChI=1S/C14H10F3N3O3S/c15-14(16,17)8-2-1-3-11(4-8)23-12-6-9(19-13(18)24)5-10(7-12)20(21)22/h1-7H,(H3,18,19,24). The lowest BCUT2D eigenvalue weighted by molar-refractivity contribution is -0.384. The van der Waals surface area contributed by atoms with Crippen LogP contribution in [0.5, 0.6) is 11.5 Å². The molecule has 0 aliphatic rings. The Hall–Kier alpha value is -2.88. The van der Waals surface area contributed by atoms with E-state index in [2.05, 4.69) is 17.5 Å². The van der Waals surface area contributed by atoms with Crippen LogP contribution in [0.2, 0.25) is 0 Å². The summed E-state index contributed by atoms with van der Waals surface area (Å²) in [6.07, 6.45) is -4.53. The summed E-state index contributed by atoms with van der Waals surface area (Å²) in [6.45, 7) is 0. The van der Waals surface area contributed by atoms with Crippen LogP contribution >= 0.6 is 12.2 Å². The zero-order chi connectivity index (χ0) is 17.9. The van der Waals surface area contributed by atoms with Gasteiger partial charge in [-0.1, -0.05) is 6.07 Å². The maximum absolute atomic E-state index is 12.7. The van der Waals surface area contributed by atoms with Crippen LogP contribution in [0.1, 0.15) is 5.56 Å². The number of benzene rings is 2. The van der Waals surface area contributed by atoms with Crippen LogP contribution in [0.15, 0.2) is 42.5 Å². The Labute approximate surface area is 139 Å². The van der Waals surface area contributed by atoms with E-state index >= 15 is 0 Å². The zero-order valence-corrected chi connectivity index (χ0v) is 12.6. The van der Waals surface area contributed by atoms with Gasteiger partial charge in [0.1, 0.15) is 11.5 Å². The molecule has 24 heavy (non-hydrogen) atoms. The van der Waals surface area contributed by atoms with E-state index in [1.54, 1.807) is 0 Å². The Morgan fingerprint density at radius 3 is 2.50 bits per heavy atom. The number of alkyl halides is 3. The van der Waals surface area contributed by atoms with Crippen molar-refractivity contribution in [1.82, 2.24) is 0 Å². The molecule has 0 fully saturated rings. The van der Waals surface area contributed by atoms with Crippen molar-refractivity contribution < 1.29 is 22.8 Å². The van der Waals surface area contributed by atoms with Gasteiger partial charge in [-0.05, 0) is 30.4 Å². The Morgan fingerprint density at radius 2 is 1.92 bits per heavy atom. The van der Waals surface area contributed by atoms with Crippen molar-refractivity contribution >= 4 is 28.7 Å². The third-order valence-electron chi connectivity index (χ3n) is 2.77. The number of nitrogens with zero attached hydrogens (tertiary/aromatic N) is 1. The molecular weight excluding hydrogens is 347 g/mol. The van der Waals surface area contributed by atoms with E-state index < -0.39 is 16.7 Å². The van der Waals surface area contributed by atoms with Crippen LogP contribution in [-0.2, 0) is 6.18 Å². The molecule has 0 bridgehead atoms. The molecule has 126 valence electrons. The number of hydrogen-bond acceptors (Lipinski definition) is 4. The number of nitro groups is 1. The van der Waals surface area contributed by atoms with Crippen LogP contribution in [0, 0.1) is 10.1 Å². The summed E-state index contributed by atoms with van der Waals surface area (Å²) < 4.78 is 43.4. The number of non-ortho nitro benzene ring substituents is 1. The molecule has 0 aliphatic carbocycles. The molecule has 10 heteroatoms.